The molecular weight excluding hydrogens is 375 g/mol. The monoisotopic (exact) mass is 390 g/mol. The minimum absolute atomic E-state index is 0.0763. The lowest BCUT2D eigenvalue weighted by Crippen LogP contribution is -2.23. The lowest BCUT2D eigenvalue weighted by atomic mass is 10.2. The average Bonchev–Trinajstić information content (AvgIpc) is 3.16. The molecule has 26 heavy (non-hydrogen) atoms. The molecule has 1 amide bonds. The number of benzene rings is 2. The van der Waals surface area contributed by atoms with E-state index in [0.717, 1.165) is 4.88 Å². The zero-order chi connectivity index (χ0) is 18.6. The number of anilines is 1. The lowest BCUT2D eigenvalue weighted by Gasteiger charge is -2.08. The molecule has 3 rings (SSSR count). The summed E-state index contributed by atoms with van der Waals surface area (Å²) in [4.78, 5) is 13.2. The maximum atomic E-state index is 12.9. The van der Waals surface area contributed by atoms with Crippen LogP contribution in [0.25, 0.3) is 0 Å². The van der Waals surface area contributed by atoms with E-state index in [1.165, 1.54) is 59.9 Å². The number of hydrogen-bond donors (Lipinski definition) is 2. The first-order valence-electron chi connectivity index (χ1n) is 7.63. The van der Waals surface area contributed by atoms with Gasteiger partial charge in [-0.3, -0.25) is 4.79 Å². The van der Waals surface area contributed by atoms with Crippen LogP contribution in [0.3, 0.4) is 0 Å². The summed E-state index contributed by atoms with van der Waals surface area (Å²) in [5.74, 6) is -0.806. The molecule has 134 valence electrons. The third kappa shape index (κ3) is 4.54. The van der Waals surface area contributed by atoms with E-state index in [1.807, 2.05) is 17.5 Å². The van der Waals surface area contributed by atoms with E-state index in [2.05, 4.69) is 10.0 Å². The fraction of sp³-hybridized carbons (Fsp3) is 0.0556. The van der Waals surface area contributed by atoms with Gasteiger partial charge in [-0.05, 0) is 60.0 Å². The predicted octanol–water partition coefficient (Wildman–Crippen LogP) is 3.62. The van der Waals surface area contributed by atoms with Crippen molar-refractivity contribution in [2.24, 2.45) is 0 Å². The molecule has 0 fully saturated rings. The zero-order valence-corrected chi connectivity index (χ0v) is 15.1. The van der Waals surface area contributed by atoms with E-state index < -0.39 is 21.7 Å². The van der Waals surface area contributed by atoms with Gasteiger partial charge in [-0.2, -0.15) is 0 Å². The third-order valence-corrected chi connectivity index (χ3v) is 5.84. The molecule has 2 aromatic carbocycles. The van der Waals surface area contributed by atoms with Crippen molar-refractivity contribution in [2.75, 3.05) is 5.32 Å². The van der Waals surface area contributed by atoms with Gasteiger partial charge in [-0.25, -0.2) is 17.5 Å². The second-order valence-electron chi connectivity index (χ2n) is 5.39. The Kier molecular flexibility index (Phi) is 5.46. The van der Waals surface area contributed by atoms with Gasteiger partial charge in [0.2, 0.25) is 10.0 Å². The highest BCUT2D eigenvalue weighted by atomic mass is 32.2. The van der Waals surface area contributed by atoms with Crippen LogP contribution in [0.2, 0.25) is 0 Å². The topological polar surface area (TPSA) is 75.3 Å². The van der Waals surface area contributed by atoms with Gasteiger partial charge in [0.25, 0.3) is 5.91 Å². The smallest absolute Gasteiger partial charge is 0.255 e. The highest BCUT2D eigenvalue weighted by Crippen LogP contribution is 2.15. The third-order valence-electron chi connectivity index (χ3n) is 3.55. The first-order chi connectivity index (χ1) is 12.4. The molecule has 0 unspecified atom stereocenters. The number of hydrogen-bond acceptors (Lipinski definition) is 4. The van der Waals surface area contributed by atoms with Gasteiger partial charge in [0.05, 0.1) is 4.90 Å². The fourth-order valence-corrected chi connectivity index (χ4v) is 3.93. The summed E-state index contributed by atoms with van der Waals surface area (Å²) in [5, 5.41) is 4.49. The number of thiophene rings is 1. The first kappa shape index (κ1) is 18.2. The largest absolute Gasteiger partial charge is 0.322 e. The van der Waals surface area contributed by atoms with Crippen LogP contribution in [0.15, 0.2) is 70.9 Å². The van der Waals surface area contributed by atoms with Crippen LogP contribution in [-0.2, 0) is 16.6 Å². The van der Waals surface area contributed by atoms with Crippen LogP contribution >= 0.6 is 11.3 Å². The number of rotatable bonds is 6. The van der Waals surface area contributed by atoms with Crippen molar-refractivity contribution in [3.05, 3.63) is 82.3 Å². The Hall–Kier alpha value is -2.55. The predicted molar refractivity (Wildman–Crippen MR) is 99.1 cm³/mol. The molecule has 3 aromatic rings. The first-order valence-corrected chi connectivity index (χ1v) is 9.99. The van der Waals surface area contributed by atoms with Gasteiger partial charge >= 0.3 is 0 Å². The van der Waals surface area contributed by atoms with Gasteiger partial charge in [-0.1, -0.05) is 6.07 Å². The fourth-order valence-electron chi connectivity index (χ4n) is 2.18. The SMILES string of the molecule is O=C(Nc1ccc(F)cc1)c1ccc(S(=O)(=O)NCc2cccs2)cc1. The van der Waals surface area contributed by atoms with E-state index in [9.17, 15) is 17.6 Å². The second kappa shape index (κ2) is 7.77. The van der Waals surface area contributed by atoms with Crippen LogP contribution in [0.1, 0.15) is 15.2 Å². The molecule has 2 N–H and O–H groups in total. The molecule has 8 heteroatoms. The van der Waals surface area contributed by atoms with Crippen LogP contribution in [0.5, 0.6) is 0 Å². The minimum atomic E-state index is -3.66. The molecule has 1 heterocycles. The van der Waals surface area contributed by atoms with Gasteiger partial charge in [0.15, 0.2) is 0 Å². The molecule has 0 bridgehead atoms. The minimum Gasteiger partial charge on any atom is -0.322 e. The number of carbonyl (C=O) groups is 1. The Morgan fingerprint density at radius 3 is 2.31 bits per heavy atom. The highest BCUT2D eigenvalue weighted by Gasteiger charge is 2.15. The Morgan fingerprint density at radius 2 is 1.69 bits per heavy atom. The Bertz CT molecular complexity index is 984. The molecule has 0 saturated carbocycles. The van der Waals surface area contributed by atoms with Gasteiger partial charge in [0.1, 0.15) is 5.82 Å². The van der Waals surface area contributed by atoms with Gasteiger partial charge in [-0.15, -0.1) is 11.3 Å². The van der Waals surface area contributed by atoms with E-state index in [-0.39, 0.29) is 11.4 Å². The van der Waals surface area contributed by atoms with E-state index in [0.29, 0.717) is 11.3 Å². The number of amides is 1. The summed E-state index contributed by atoms with van der Waals surface area (Å²) in [6.45, 7) is 0.215. The van der Waals surface area contributed by atoms with Crippen LogP contribution < -0.4 is 10.0 Å². The van der Waals surface area contributed by atoms with Crippen molar-refractivity contribution < 1.29 is 17.6 Å². The zero-order valence-electron chi connectivity index (χ0n) is 13.5. The maximum Gasteiger partial charge on any atom is 0.255 e. The molecule has 1 aromatic heterocycles. The van der Waals surface area contributed by atoms with Gasteiger partial charge in [0, 0.05) is 22.7 Å². The lowest BCUT2D eigenvalue weighted by molar-refractivity contribution is 0.102. The molecule has 0 aliphatic rings. The van der Waals surface area contributed by atoms with Crippen LogP contribution in [0.4, 0.5) is 10.1 Å². The summed E-state index contributed by atoms with van der Waals surface area (Å²) < 4.78 is 40.0. The molecular formula is C18H15FN2O3S2. The standard InChI is InChI=1S/C18H15FN2O3S2/c19-14-5-7-15(8-6-14)21-18(22)13-3-9-17(10-4-13)26(23,24)20-12-16-2-1-11-25-16/h1-11,20H,12H2,(H,21,22). The van der Waals surface area contributed by atoms with Crippen molar-refractivity contribution in [3.8, 4) is 0 Å². The normalized spacial score (nSPS) is 11.3. The quantitative estimate of drug-likeness (QED) is 0.675. The van der Waals surface area contributed by atoms with Crippen LogP contribution in [0, 0.1) is 5.82 Å². The molecule has 0 saturated heterocycles. The van der Waals surface area contributed by atoms with Crippen molar-refractivity contribution in [2.45, 2.75) is 11.4 Å². The molecule has 0 aliphatic carbocycles. The number of carbonyl (C=O) groups excluding carboxylic acids is 1. The number of sulfonamides is 1. The Balaban J connectivity index is 1.67. The summed E-state index contributed by atoms with van der Waals surface area (Å²) in [6, 6.07) is 14.7. The van der Waals surface area contributed by atoms with Crippen molar-refractivity contribution in [3.63, 3.8) is 0 Å². The molecule has 0 atom stereocenters. The van der Waals surface area contributed by atoms with E-state index >= 15 is 0 Å². The van der Waals surface area contributed by atoms with E-state index in [1.54, 1.807) is 0 Å². The Morgan fingerprint density at radius 1 is 1.00 bits per heavy atom. The summed E-state index contributed by atoms with van der Waals surface area (Å²) >= 11 is 1.46. The molecule has 0 spiro atoms. The highest BCUT2D eigenvalue weighted by molar-refractivity contribution is 7.89. The molecule has 0 radical (unpaired) electrons. The van der Waals surface area contributed by atoms with Crippen molar-refractivity contribution >= 4 is 33.0 Å². The molecule has 0 aliphatic heterocycles. The molecule has 5 nitrogen and oxygen atoms in total. The second-order valence-corrected chi connectivity index (χ2v) is 8.19. The Labute approximate surface area is 154 Å². The average molecular weight is 390 g/mol. The van der Waals surface area contributed by atoms with Crippen LogP contribution in [-0.4, -0.2) is 14.3 Å². The van der Waals surface area contributed by atoms with E-state index in [4.69, 9.17) is 0 Å². The summed E-state index contributed by atoms with van der Waals surface area (Å²) in [5.41, 5.74) is 0.747. The summed E-state index contributed by atoms with van der Waals surface area (Å²) in [7, 11) is -3.66. The van der Waals surface area contributed by atoms with Gasteiger partial charge < -0.3 is 5.32 Å². The summed E-state index contributed by atoms with van der Waals surface area (Å²) in [6.07, 6.45) is 0. The maximum absolute atomic E-state index is 12.9. The number of nitrogens with one attached hydrogen (secondary N) is 2. The number of halogens is 1. The van der Waals surface area contributed by atoms with Crippen molar-refractivity contribution in [1.82, 2.24) is 4.72 Å². The van der Waals surface area contributed by atoms with Crippen molar-refractivity contribution in [1.29, 1.82) is 0 Å².